The maximum atomic E-state index is 12.4. The van der Waals surface area contributed by atoms with Gasteiger partial charge in [-0.3, -0.25) is 0 Å². The van der Waals surface area contributed by atoms with Crippen molar-refractivity contribution in [1.29, 1.82) is 0 Å². The van der Waals surface area contributed by atoms with Gasteiger partial charge in [0.15, 0.2) is 0 Å². The molecule has 0 bridgehead atoms. The van der Waals surface area contributed by atoms with Crippen molar-refractivity contribution in [3.63, 3.8) is 0 Å². The molecule has 0 saturated carbocycles. The number of nitrogens with zero attached hydrogens (tertiary/aromatic N) is 4. The number of hydrogen-bond acceptors (Lipinski definition) is 7. The Labute approximate surface area is 144 Å². The van der Waals surface area contributed by atoms with E-state index in [1.165, 1.54) is 28.5 Å². The minimum atomic E-state index is -3.83. The summed E-state index contributed by atoms with van der Waals surface area (Å²) in [4.78, 5) is 10.9. The highest BCUT2D eigenvalue weighted by molar-refractivity contribution is 7.89. The lowest BCUT2D eigenvalue weighted by molar-refractivity contribution is 0.259. The summed E-state index contributed by atoms with van der Waals surface area (Å²) in [5, 5.41) is 2.82. The minimum absolute atomic E-state index is 0.0111. The van der Waals surface area contributed by atoms with E-state index in [2.05, 4.69) is 20.3 Å². The quantitative estimate of drug-likeness (QED) is 0.850. The summed E-state index contributed by atoms with van der Waals surface area (Å²) in [7, 11) is -3.83. The van der Waals surface area contributed by atoms with Gasteiger partial charge < -0.3 is 0 Å². The zero-order valence-corrected chi connectivity index (χ0v) is 14.5. The van der Waals surface area contributed by atoms with Crippen molar-refractivity contribution in [2.75, 3.05) is 5.01 Å². The van der Waals surface area contributed by atoms with Gasteiger partial charge in [0.05, 0.1) is 11.2 Å². The molecular formula is C14H15ClN6O2S. The Hall–Kier alpha value is -2.20. The Morgan fingerprint density at radius 1 is 1.12 bits per heavy atom. The van der Waals surface area contributed by atoms with Crippen molar-refractivity contribution in [2.24, 2.45) is 0 Å². The normalized spacial score (nSPS) is 14.5. The molecule has 24 heavy (non-hydrogen) atoms. The average molecular weight is 367 g/mol. The second kappa shape index (κ2) is 6.36. The van der Waals surface area contributed by atoms with Crippen LogP contribution in [0.4, 0.5) is 5.95 Å². The van der Waals surface area contributed by atoms with E-state index in [0.29, 0.717) is 5.95 Å². The predicted molar refractivity (Wildman–Crippen MR) is 89.9 cm³/mol. The van der Waals surface area contributed by atoms with Gasteiger partial charge in [-0.05, 0) is 32.0 Å². The van der Waals surface area contributed by atoms with Gasteiger partial charge >= 0.3 is 0 Å². The van der Waals surface area contributed by atoms with Crippen LogP contribution in [0.15, 0.2) is 47.6 Å². The molecule has 0 atom stereocenters. The van der Waals surface area contributed by atoms with Gasteiger partial charge in [-0.15, -0.1) is 10.4 Å². The SMILES string of the molecule is Cc1cc(C)nc(N2C=CN(NS(=O)(=O)c3ccccc3Cl)N2)n1. The highest BCUT2D eigenvalue weighted by atomic mass is 35.5. The van der Waals surface area contributed by atoms with Crippen LogP contribution in [-0.4, -0.2) is 23.5 Å². The summed E-state index contributed by atoms with van der Waals surface area (Å²) in [5.41, 5.74) is 4.42. The molecular weight excluding hydrogens is 352 g/mol. The van der Waals surface area contributed by atoms with Crippen LogP contribution < -0.4 is 15.4 Å². The highest BCUT2D eigenvalue weighted by Gasteiger charge is 2.23. The third kappa shape index (κ3) is 3.49. The van der Waals surface area contributed by atoms with Crippen molar-refractivity contribution in [2.45, 2.75) is 18.7 Å². The van der Waals surface area contributed by atoms with Crippen LogP contribution in [0, 0.1) is 13.8 Å². The summed E-state index contributed by atoms with van der Waals surface area (Å²) in [6.45, 7) is 3.71. The first-order chi connectivity index (χ1) is 11.3. The number of rotatable bonds is 4. The van der Waals surface area contributed by atoms with E-state index >= 15 is 0 Å². The highest BCUT2D eigenvalue weighted by Crippen LogP contribution is 2.21. The summed E-state index contributed by atoms with van der Waals surface area (Å²) in [6, 6.07) is 8.05. The van der Waals surface area contributed by atoms with Crippen LogP contribution in [0.2, 0.25) is 5.02 Å². The fourth-order valence-corrected chi connectivity index (χ4v) is 3.62. The molecule has 1 aromatic heterocycles. The molecule has 1 aliphatic rings. The first kappa shape index (κ1) is 16.7. The Bertz CT molecular complexity index is 882. The Morgan fingerprint density at radius 3 is 2.46 bits per heavy atom. The number of hydrogen-bond donors (Lipinski definition) is 2. The number of aromatic nitrogens is 2. The number of halogens is 1. The number of aryl methyl sites for hydroxylation is 2. The molecule has 0 amide bonds. The summed E-state index contributed by atoms with van der Waals surface area (Å²) >= 11 is 5.95. The van der Waals surface area contributed by atoms with Crippen molar-refractivity contribution in [3.8, 4) is 0 Å². The third-order valence-corrected chi connectivity index (χ3v) is 4.92. The van der Waals surface area contributed by atoms with Crippen molar-refractivity contribution < 1.29 is 8.42 Å². The third-order valence-electron chi connectivity index (χ3n) is 3.11. The topological polar surface area (TPSA) is 90.5 Å². The molecule has 0 saturated heterocycles. The predicted octanol–water partition coefficient (Wildman–Crippen LogP) is 1.65. The second-order valence-electron chi connectivity index (χ2n) is 5.11. The molecule has 2 N–H and O–H groups in total. The van der Waals surface area contributed by atoms with E-state index in [4.69, 9.17) is 11.6 Å². The van der Waals surface area contributed by atoms with Crippen molar-refractivity contribution >= 4 is 27.6 Å². The molecule has 8 nitrogen and oxygen atoms in total. The molecule has 1 aromatic carbocycles. The van der Waals surface area contributed by atoms with E-state index in [-0.39, 0.29) is 9.92 Å². The number of hydrazine groups is 3. The summed E-state index contributed by atoms with van der Waals surface area (Å²) in [6.07, 6.45) is 3.10. The minimum Gasteiger partial charge on any atom is -0.230 e. The molecule has 126 valence electrons. The fourth-order valence-electron chi connectivity index (χ4n) is 2.13. The number of sulfonamides is 1. The maximum Gasteiger partial charge on any atom is 0.260 e. The van der Waals surface area contributed by atoms with Gasteiger partial charge in [-0.2, -0.15) is 0 Å². The molecule has 10 heteroatoms. The van der Waals surface area contributed by atoms with Gasteiger partial charge in [0.1, 0.15) is 4.90 Å². The van der Waals surface area contributed by atoms with Crippen LogP contribution in [0.25, 0.3) is 0 Å². The molecule has 0 radical (unpaired) electrons. The largest absolute Gasteiger partial charge is 0.260 e. The lowest BCUT2D eigenvalue weighted by Crippen LogP contribution is -2.49. The fraction of sp³-hybridized carbons (Fsp3) is 0.143. The Morgan fingerprint density at radius 2 is 1.79 bits per heavy atom. The number of nitrogens with one attached hydrogen (secondary N) is 2. The second-order valence-corrected chi connectivity index (χ2v) is 7.15. The van der Waals surface area contributed by atoms with Crippen LogP contribution in [0.5, 0.6) is 0 Å². The smallest absolute Gasteiger partial charge is 0.230 e. The van der Waals surface area contributed by atoms with Gasteiger partial charge in [0.2, 0.25) is 5.95 Å². The van der Waals surface area contributed by atoms with Gasteiger partial charge in [-0.25, -0.2) is 28.5 Å². The number of anilines is 1. The van der Waals surface area contributed by atoms with Crippen molar-refractivity contribution in [1.82, 2.24) is 25.5 Å². The van der Waals surface area contributed by atoms with Crippen molar-refractivity contribution in [3.05, 3.63) is 59.1 Å². The molecule has 0 aliphatic carbocycles. The summed E-state index contributed by atoms with van der Waals surface area (Å²) in [5.74, 6) is 0.406. The summed E-state index contributed by atoms with van der Waals surface area (Å²) < 4.78 is 24.8. The first-order valence-electron chi connectivity index (χ1n) is 6.97. The monoisotopic (exact) mass is 366 g/mol. The molecule has 2 heterocycles. The maximum absolute atomic E-state index is 12.4. The van der Waals surface area contributed by atoms with E-state index in [1.807, 2.05) is 19.9 Å². The molecule has 0 unspecified atom stereocenters. The Kier molecular flexibility index (Phi) is 4.41. The Balaban J connectivity index is 1.75. The zero-order valence-electron chi connectivity index (χ0n) is 12.9. The zero-order chi connectivity index (χ0) is 17.3. The molecule has 1 aliphatic heterocycles. The molecule has 0 fully saturated rings. The van der Waals surface area contributed by atoms with Crippen LogP contribution in [0.1, 0.15) is 11.4 Å². The molecule has 2 aromatic rings. The lowest BCUT2D eigenvalue weighted by Gasteiger charge is -2.21. The van der Waals surface area contributed by atoms with Crippen LogP contribution in [-0.2, 0) is 10.0 Å². The van der Waals surface area contributed by atoms with Gasteiger partial charge in [0, 0.05) is 17.6 Å². The van der Waals surface area contributed by atoms with E-state index in [9.17, 15) is 8.42 Å². The average Bonchev–Trinajstić information content (AvgIpc) is 2.94. The van der Waals surface area contributed by atoms with E-state index in [1.54, 1.807) is 18.3 Å². The standard InChI is InChI=1S/C14H15ClN6O2S/c1-10-9-11(2)17-14(16-10)20-7-8-21(18-20)19-24(22,23)13-6-4-3-5-12(13)15/h3-9,18-19H,1-2H3. The van der Waals surface area contributed by atoms with Crippen LogP contribution >= 0.6 is 11.6 Å². The molecule has 3 rings (SSSR count). The van der Waals surface area contributed by atoms with Gasteiger partial charge in [-0.1, -0.05) is 23.7 Å². The van der Waals surface area contributed by atoms with E-state index < -0.39 is 10.0 Å². The van der Waals surface area contributed by atoms with Crippen LogP contribution in [0.3, 0.4) is 0 Å². The van der Waals surface area contributed by atoms with E-state index in [0.717, 1.165) is 11.4 Å². The molecule has 0 spiro atoms. The lowest BCUT2D eigenvalue weighted by atomic mass is 10.4. The number of benzene rings is 1. The van der Waals surface area contributed by atoms with Gasteiger partial charge in [0.25, 0.3) is 10.0 Å². The first-order valence-corrected chi connectivity index (χ1v) is 8.83.